The Morgan fingerprint density at radius 2 is 2.21 bits per heavy atom. The predicted octanol–water partition coefficient (Wildman–Crippen LogP) is 1.37. The van der Waals surface area contributed by atoms with Gasteiger partial charge in [0.25, 0.3) is 0 Å². The van der Waals surface area contributed by atoms with Crippen molar-refractivity contribution in [3.8, 4) is 0 Å². The fraction of sp³-hybridized carbons (Fsp3) is 0.533. The van der Waals surface area contributed by atoms with Crippen LogP contribution in [0.5, 0.6) is 0 Å². The minimum atomic E-state index is -0.124. The van der Waals surface area contributed by atoms with Crippen LogP contribution in [0.25, 0.3) is 0 Å². The summed E-state index contributed by atoms with van der Waals surface area (Å²) in [6, 6.07) is 10.2. The highest BCUT2D eigenvalue weighted by Gasteiger charge is 2.32. The summed E-state index contributed by atoms with van der Waals surface area (Å²) >= 11 is 0. The summed E-state index contributed by atoms with van der Waals surface area (Å²) in [4.78, 5) is 13.9. The summed E-state index contributed by atoms with van der Waals surface area (Å²) in [6.45, 7) is 2.36. The molecule has 2 rings (SSSR count). The molecule has 1 aromatic carbocycles. The third-order valence-electron chi connectivity index (χ3n) is 3.85. The van der Waals surface area contributed by atoms with Crippen molar-refractivity contribution in [1.29, 1.82) is 0 Å². The highest BCUT2D eigenvalue weighted by Crippen LogP contribution is 2.23. The Kier molecular flexibility index (Phi) is 4.93. The van der Waals surface area contributed by atoms with E-state index in [9.17, 15) is 4.79 Å². The lowest BCUT2D eigenvalue weighted by Crippen LogP contribution is -2.40. The van der Waals surface area contributed by atoms with Crippen molar-refractivity contribution < 1.29 is 9.53 Å². The van der Waals surface area contributed by atoms with Crippen molar-refractivity contribution in [1.82, 2.24) is 4.90 Å². The van der Waals surface area contributed by atoms with E-state index >= 15 is 0 Å². The number of carbonyl (C=O) groups excluding carboxylic acids is 1. The molecule has 0 amide bonds. The summed E-state index contributed by atoms with van der Waals surface area (Å²) in [7, 11) is 1.45. The summed E-state index contributed by atoms with van der Waals surface area (Å²) < 4.78 is 4.87. The fourth-order valence-electron chi connectivity index (χ4n) is 2.77. The average molecular weight is 262 g/mol. The van der Waals surface area contributed by atoms with Gasteiger partial charge in [0, 0.05) is 19.0 Å². The summed E-state index contributed by atoms with van der Waals surface area (Å²) in [5, 5.41) is 0. The Morgan fingerprint density at radius 1 is 1.47 bits per heavy atom. The first kappa shape index (κ1) is 14.0. The number of hydrogen-bond donors (Lipinski definition) is 1. The number of carbonyl (C=O) groups is 1. The van der Waals surface area contributed by atoms with Gasteiger partial charge in [0.05, 0.1) is 7.11 Å². The molecule has 1 heterocycles. The SMILES string of the molecule is COC(=O)C1CCCN1CC(CN)c1ccccc1. The number of rotatable bonds is 5. The topological polar surface area (TPSA) is 55.6 Å². The van der Waals surface area contributed by atoms with Gasteiger partial charge in [0.1, 0.15) is 6.04 Å². The number of nitrogens with zero attached hydrogens (tertiary/aromatic N) is 1. The third kappa shape index (κ3) is 3.33. The van der Waals surface area contributed by atoms with Crippen molar-refractivity contribution in [2.75, 3.05) is 26.7 Å². The van der Waals surface area contributed by atoms with Crippen LogP contribution >= 0.6 is 0 Å². The molecule has 0 bridgehead atoms. The number of esters is 1. The maximum absolute atomic E-state index is 11.7. The first-order valence-electron chi connectivity index (χ1n) is 6.83. The molecule has 1 fully saturated rings. The van der Waals surface area contributed by atoms with Crippen molar-refractivity contribution in [3.63, 3.8) is 0 Å². The van der Waals surface area contributed by atoms with E-state index in [4.69, 9.17) is 10.5 Å². The molecule has 0 radical (unpaired) electrons. The Hall–Kier alpha value is -1.39. The monoisotopic (exact) mass is 262 g/mol. The molecule has 19 heavy (non-hydrogen) atoms. The Morgan fingerprint density at radius 3 is 2.84 bits per heavy atom. The van der Waals surface area contributed by atoms with Gasteiger partial charge in [0.2, 0.25) is 0 Å². The van der Waals surface area contributed by atoms with Crippen LogP contribution in [0.2, 0.25) is 0 Å². The molecule has 2 atom stereocenters. The van der Waals surface area contributed by atoms with Gasteiger partial charge < -0.3 is 10.5 Å². The van der Waals surface area contributed by atoms with Crippen LogP contribution in [0, 0.1) is 0 Å². The standard InChI is InChI=1S/C15H22N2O2/c1-19-15(18)14-8-5-9-17(14)11-13(10-16)12-6-3-2-4-7-12/h2-4,6-7,13-14H,5,8-11,16H2,1H3. The van der Waals surface area contributed by atoms with E-state index in [0.717, 1.165) is 25.9 Å². The van der Waals surface area contributed by atoms with E-state index in [1.807, 2.05) is 18.2 Å². The molecule has 0 aliphatic carbocycles. The molecule has 2 N–H and O–H groups in total. The van der Waals surface area contributed by atoms with Gasteiger partial charge in [-0.05, 0) is 24.9 Å². The first-order chi connectivity index (χ1) is 9.26. The Balaban J connectivity index is 2.04. The van der Waals surface area contributed by atoms with Gasteiger partial charge in [-0.2, -0.15) is 0 Å². The number of hydrogen-bond acceptors (Lipinski definition) is 4. The summed E-state index contributed by atoms with van der Waals surface area (Å²) in [5.74, 6) is 0.146. The van der Waals surface area contributed by atoms with Crippen LogP contribution in [-0.2, 0) is 9.53 Å². The highest BCUT2D eigenvalue weighted by atomic mass is 16.5. The molecule has 104 valence electrons. The van der Waals surface area contributed by atoms with Crippen LogP contribution in [-0.4, -0.2) is 43.7 Å². The Bertz CT molecular complexity index is 408. The molecule has 4 nitrogen and oxygen atoms in total. The highest BCUT2D eigenvalue weighted by molar-refractivity contribution is 5.76. The number of ether oxygens (including phenoxy) is 1. The minimum Gasteiger partial charge on any atom is -0.468 e. The van der Waals surface area contributed by atoms with Gasteiger partial charge in [-0.3, -0.25) is 9.69 Å². The lowest BCUT2D eigenvalue weighted by atomic mass is 9.98. The lowest BCUT2D eigenvalue weighted by Gasteiger charge is -2.27. The molecule has 1 saturated heterocycles. The van der Waals surface area contributed by atoms with Crippen molar-refractivity contribution in [2.45, 2.75) is 24.8 Å². The third-order valence-corrected chi connectivity index (χ3v) is 3.85. The van der Waals surface area contributed by atoms with E-state index in [1.54, 1.807) is 0 Å². The lowest BCUT2D eigenvalue weighted by molar-refractivity contribution is -0.145. The second-order valence-electron chi connectivity index (χ2n) is 5.02. The second kappa shape index (κ2) is 6.68. The smallest absolute Gasteiger partial charge is 0.323 e. The first-order valence-corrected chi connectivity index (χ1v) is 6.83. The van der Waals surface area contributed by atoms with Crippen molar-refractivity contribution in [3.05, 3.63) is 35.9 Å². The predicted molar refractivity (Wildman–Crippen MR) is 74.8 cm³/mol. The maximum Gasteiger partial charge on any atom is 0.323 e. The number of benzene rings is 1. The molecule has 1 aromatic rings. The molecular weight excluding hydrogens is 240 g/mol. The van der Waals surface area contributed by atoms with E-state index in [0.29, 0.717) is 6.54 Å². The van der Waals surface area contributed by atoms with Gasteiger partial charge in [-0.1, -0.05) is 30.3 Å². The Labute approximate surface area is 114 Å². The van der Waals surface area contributed by atoms with Crippen molar-refractivity contribution >= 4 is 5.97 Å². The average Bonchev–Trinajstić information content (AvgIpc) is 2.93. The van der Waals surface area contributed by atoms with Crippen LogP contribution < -0.4 is 5.73 Å². The zero-order valence-corrected chi connectivity index (χ0v) is 11.4. The number of methoxy groups -OCH3 is 1. The zero-order chi connectivity index (χ0) is 13.7. The van der Waals surface area contributed by atoms with E-state index in [2.05, 4.69) is 17.0 Å². The van der Waals surface area contributed by atoms with Crippen molar-refractivity contribution in [2.24, 2.45) is 5.73 Å². The molecule has 4 heteroatoms. The largest absolute Gasteiger partial charge is 0.468 e. The zero-order valence-electron chi connectivity index (χ0n) is 11.4. The van der Waals surface area contributed by atoms with E-state index in [-0.39, 0.29) is 17.9 Å². The van der Waals surface area contributed by atoms with Crippen LogP contribution in [0.3, 0.4) is 0 Å². The normalized spacial score (nSPS) is 21.3. The number of likely N-dealkylation sites (tertiary alicyclic amines) is 1. The van der Waals surface area contributed by atoms with Gasteiger partial charge in [-0.25, -0.2) is 0 Å². The maximum atomic E-state index is 11.7. The van der Waals surface area contributed by atoms with E-state index in [1.165, 1.54) is 12.7 Å². The van der Waals surface area contributed by atoms with E-state index < -0.39 is 0 Å². The second-order valence-corrected chi connectivity index (χ2v) is 5.02. The van der Waals surface area contributed by atoms with Gasteiger partial charge in [-0.15, -0.1) is 0 Å². The van der Waals surface area contributed by atoms with Gasteiger partial charge in [0.15, 0.2) is 0 Å². The summed E-state index contributed by atoms with van der Waals surface area (Å²) in [5.41, 5.74) is 7.13. The molecule has 1 aliphatic rings. The molecule has 1 aliphatic heterocycles. The molecular formula is C15H22N2O2. The minimum absolute atomic E-state index is 0.0947. The van der Waals surface area contributed by atoms with Gasteiger partial charge >= 0.3 is 5.97 Å². The molecule has 0 spiro atoms. The number of nitrogens with two attached hydrogens (primary N) is 1. The molecule has 0 aromatic heterocycles. The van der Waals surface area contributed by atoms with Crippen LogP contribution in [0.4, 0.5) is 0 Å². The van der Waals surface area contributed by atoms with Crippen LogP contribution in [0.15, 0.2) is 30.3 Å². The molecule has 0 saturated carbocycles. The summed E-state index contributed by atoms with van der Waals surface area (Å²) in [6.07, 6.45) is 1.94. The quantitative estimate of drug-likeness (QED) is 0.814. The fourth-order valence-corrected chi connectivity index (χ4v) is 2.77. The van der Waals surface area contributed by atoms with Crippen LogP contribution in [0.1, 0.15) is 24.3 Å². The molecule has 2 unspecified atom stereocenters.